The van der Waals surface area contributed by atoms with Gasteiger partial charge in [0.05, 0.1) is 0 Å². The zero-order valence-corrected chi connectivity index (χ0v) is 10.9. The lowest BCUT2D eigenvalue weighted by molar-refractivity contribution is -0.118. The lowest BCUT2D eigenvalue weighted by Gasteiger charge is -2.07. The third-order valence-corrected chi connectivity index (χ3v) is 3.08. The molecule has 0 saturated carbocycles. The molecule has 0 saturated heterocycles. The van der Waals surface area contributed by atoms with Crippen molar-refractivity contribution in [1.29, 1.82) is 0 Å². The van der Waals surface area contributed by atoms with Crippen molar-refractivity contribution in [1.82, 2.24) is 0 Å². The predicted octanol–water partition coefficient (Wildman–Crippen LogP) is 3.44. The Morgan fingerprint density at radius 2 is 1.53 bits per heavy atom. The number of ketones is 2. The molecule has 0 spiro atoms. The first-order valence-corrected chi connectivity index (χ1v) is 6.41. The van der Waals surface area contributed by atoms with E-state index in [1.165, 1.54) is 0 Å². The zero-order chi connectivity index (χ0) is 13.7. The van der Waals surface area contributed by atoms with Gasteiger partial charge in [0.25, 0.3) is 0 Å². The van der Waals surface area contributed by atoms with Gasteiger partial charge in [-0.25, -0.2) is 0 Å². The van der Waals surface area contributed by atoms with Crippen LogP contribution >= 0.6 is 0 Å². The van der Waals surface area contributed by atoms with Gasteiger partial charge in [-0.1, -0.05) is 61.5 Å². The van der Waals surface area contributed by atoms with E-state index in [9.17, 15) is 9.59 Å². The highest BCUT2D eigenvalue weighted by molar-refractivity contribution is 6.10. The van der Waals surface area contributed by atoms with Crippen molar-refractivity contribution < 1.29 is 9.59 Å². The Morgan fingerprint density at radius 3 is 2.21 bits per heavy atom. The van der Waals surface area contributed by atoms with Crippen LogP contribution < -0.4 is 0 Å². The molecule has 2 rings (SSSR count). The van der Waals surface area contributed by atoms with Gasteiger partial charge in [-0.15, -0.1) is 0 Å². The lowest BCUT2D eigenvalue weighted by Crippen LogP contribution is -2.09. The van der Waals surface area contributed by atoms with Crippen LogP contribution in [0.4, 0.5) is 0 Å². The van der Waals surface area contributed by atoms with Gasteiger partial charge in [0.1, 0.15) is 5.78 Å². The summed E-state index contributed by atoms with van der Waals surface area (Å²) in [6.07, 6.45) is 0.819. The third-order valence-electron chi connectivity index (χ3n) is 3.08. The molecule has 0 aliphatic heterocycles. The van der Waals surface area contributed by atoms with E-state index in [1.807, 2.05) is 43.3 Å². The minimum Gasteiger partial charge on any atom is -0.299 e. The molecule has 2 aromatic carbocycles. The molecule has 0 N–H and O–H groups in total. The monoisotopic (exact) mass is 252 g/mol. The van der Waals surface area contributed by atoms with Crippen molar-refractivity contribution >= 4 is 11.6 Å². The van der Waals surface area contributed by atoms with E-state index in [0.29, 0.717) is 24.0 Å². The van der Waals surface area contributed by atoms with E-state index in [4.69, 9.17) is 0 Å². The maximum atomic E-state index is 12.4. The molecule has 0 aliphatic carbocycles. The van der Waals surface area contributed by atoms with Gasteiger partial charge in [-0.05, 0) is 5.56 Å². The number of carbonyl (C=O) groups excluding carboxylic acids is 2. The summed E-state index contributed by atoms with van der Waals surface area (Å²) in [5.41, 5.74) is 2.08. The van der Waals surface area contributed by atoms with Crippen LogP contribution in [-0.4, -0.2) is 11.6 Å². The highest BCUT2D eigenvalue weighted by Gasteiger charge is 2.14. The van der Waals surface area contributed by atoms with Crippen molar-refractivity contribution in [3.8, 4) is 0 Å². The normalized spacial score (nSPS) is 10.2. The lowest BCUT2D eigenvalue weighted by atomic mass is 9.95. The number of carbonyl (C=O) groups is 2. The molecule has 0 fully saturated rings. The predicted molar refractivity (Wildman–Crippen MR) is 75.3 cm³/mol. The summed E-state index contributed by atoms with van der Waals surface area (Å²) < 4.78 is 0. The average molecular weight is 252 g/mol. The summed E-state index contributed by atoms with van der Waals surface area (Å²) in [6, 6.07) is 16.5. The summed E-state index contributed by atoms with van der Waals surface area (Å²) in [4.78, 5) is 24.0. The first kappa shape index (κ1) is 13.2. The maximum Gasteiger partial charge on any atom is 0.193 e. The fourth-order valence-electron chi connectivity index (χ4n) is 1.98. The average Bonchev–Trinajstić information content (AvgIpc) is 2.48. The fraction of sp³-hybridized carbons (Fsp3) is 0.176. The van der Waals surface area contributed by atoms with Crippen LogP contribution in [0.25, 0.3) is 0 Å². The van der Waals surface area contributed by atoms with Crippen molar-refractivity contribution in [3.05, 3.63) is 71.3 Å². The number of benzene rings is 2. The summed E-state index contributed by atoms with van der Waals surface area (Å²) in [5.74, 6) is 0.119. The molecule has 0 radical (unpaired) electrons. The first-order valence-electron chi connectivity index (χ1n) is 6.41. The number of hydrogen-bond acceptors (Lipinski definition) is 2. The Bertz CT molecular complexity index is 585. The first-order chi connectivity index (χ1) is 9.22. The molecule has 2 heteroatoms. The summed E-state index contributed by atoms with van der Waals surface area (Å²) in [5, 5.41) is 0. The van der Waals surface area contributed by atoms with Crippen molar-refractivity contribution in [3.63, 3.8) is 0 Å². The van der Waals surface area contributed by atoms with Crippen LogP contribution in [0.5, 0.6) is 0 Å². The molecule has 0 aliphatic rings. The van der Waals surface area contributed by atoms with Crippen molar-refractivity contribution in [2.24, 2.45) is 0 Å². The molecule has 0 amide bonds. The van der Waals surface area contributed by atoms with Gasteiger partial charge in [-0.3, -0.25) is 9.59 Å². The molecule has 0 unspecified atom stereocenters. The van der Waals surface area contributed by atoms with Crippen LogP contribution in [-0.2, 0) is 11.2 Å². The summed E-state index contributed by atoms with van der Waals surface area (Å²) >= 11 is 0. The second-order valence-electron chi connectivity index (χ2n) is 4.42. The molecule has 0 heterocycles. The maximum absolute atomic E-state index is 12.4. The molecule has 96 valence electrons. The third kappa shape index (κ3) is 3.16. The van der Waals surface area contributed by atoms with E-state index in [2.05, 4.69) is 0 Å². The highest BCUT2D eigenvalue weighted by Crippen LogP contribution is 2.15. The van der Waals surface area contributed by atoms with Crippen LogP contribution in [0.15, 0.2) is 54.6 Å². The van der Waals surface area contributed by atoms with Crippen molar-refractivity contribution in [2.45, 2.75) is 19.8 Å². The zero-order valence-electron chi connectivity index (χ0n) is 10.9. The number of rotatable bonds is 5. The Kier molecular flexibility index (Phi) is 4.24. The second kappa shape index (κ2) is 6.10. The molecule has 2 nitrogen and oxygen atoms in total. The minimum atomic E-state index is -0.0277. The quantitative estimate of drug-likeness (QED) is 0.764. The second-order valence-corrected chi connectivity index (χ2v) is 4.42. The Morgan fingerprint density at radius 1 is 0.895 bits per heavy atom. The van der Waals surface area contributed by atoms with E-state index in [-0.39, 0.29) is 11.6 Å². The molecule has 2 aromatic rings. The van der Waals surface area contributed by atoms with Gasteiger partial charge in [0.2, 0.25) is 0 Å². The standard InChI is InChI=1S/C17H16O2/c1-2-15(18)12-14-10-6-7-11-16(14)17(19)13-8-4-3-5-9-13/h3-11H,2,12H2,1H3. The van der Waals surface area contributed by atoms with E-state index >= 15 is 0 Å². The number of hydrogen-bond donors (Lipinski definition) is 0. The van der Waals surface area contributed by atoms with Gasteiger partial charge < -0.3 is 0 Å². The fourth-order valence-corrected chi connectivity index (χ4v) is 1.98. The van der Waals surface area contributed by atoms with Gasteiger partial charge in [0.15, 0.2) is 5.78 Å². The van der Waals surface area contributed by atoms with E-state index in [1.54, 1.807) is 18.2 Å². The van der Waals surface area contributed by atoms with Crippen LogP contribution in [0, 0.1) is 0 Å². The SMILES string of the molecule is CCC(=O)Cc1ccccc1C(=O)c1ccccc1. The highest BCUT2D eigenvalue weighted by atomic mass is 16.1. The number of Topliss-reactive ketones (excluding diaryl/α,β-unsaturated/α-hetero) is 1. The minimum absolute atomic E-state index is 0.0277. The van der Waals surface area contributed by atoms with Crippen LogP contribution in [0.2, 0.25) is 0 Å². The molecular formula is C17H16O2. The van der Waals surface area contributed by atoms with Crippen LogP contribution in [0.3, 0.4) is 0 Å². The Hall–Kier alpha value is -2.22. The molecule has 0 atom stereocenters. The van der Waals surface area contributed by atoms with Crippen LogP contribution in [0.1, 0.15) is 34.8 Å². The van der Waals surface area contributed by atoms with Gasteiger partial charge >= 0.3 is 0 Å². The largest absolute Gasteiger partial charge is 0.299 e. The summed E-state index contributed by atoms with van der Waals surface area (Å²) in [7, 11) is 0. The van der Waals surface area contributed by atoms with Gasteiger partial charge in [-0.2, -0.15) is 0 Å². The Labute approximate surface area is 113 Å². The summed E-state index contributed by atoms with van der Waals surface area (Å²) in [6.45, 7) is 1.84. The Balaban J connectivity index is 2.35. The molecule has 19 heavy (non-hydrogen) atoms. The molecule has 0 bridgehead atoms. The smallest absolute Gasteiger partial charge is 0.193 e. The van der Waals surface area contributed by atoms with Gasteiger partial charge in [0, 0.05) is 24.0 Å². The van der Waals surface area contributed by atoms with E-state index < -0.39 is 0 Å². The molecular weight excluding hydrogens is 236 g/mol. The molecule has 0 aromatic heterocycles. The topological polar surface area (TPSA) is 34.1 Å². The van der Waals surface area contributed by atoms with E-state index in [0.717, 1.165) is 5.56 Å². The van der Waals surface area contributed by atoms with Crippen molar-refractivity contribution in [2.75, 3.05) is 0 Å².